The van der Waals surface area contributed by atoms with Crippen molar-refractivity contribution in [3.63, 3.8) is 0 Å². The first-order valence-corrected chi connectivity index (χ1v) is 5.86. The second-order valence-electron chi connectivity index (χ2n) is 4.36. The molecule has 1 aliphatic heterocycles. The van der Waals surface area contributed by atoms with Crippen molar-refractivity contribution >= 4 is 12.1 Å². The molecule has 0 unspecified atom stereocenters. The number of rotatable bonds is 4. The molecule has 2 atom stereocenters. The Morgan fingerprint density at radius 2 is 2.05 bits per heavy atom. The highest BCUT2D eigenvalue weighted by Gasteiger charge is 2.42. The molecule has 1 amide bonds. The number of methoxy groups -OCH3 is 1. The van der Waals surface area contributed by atoms with Crippen LogP contribution in [0, 0.1) is 0 Å². The second kappa shape index (κ2) is 5.17. The number of carbonyl (C=O) groups excluding carboxylic acids is 1. The van der Waals surface area contributed by atoms with Crippen LogP contribution in [0.5, 0.6) is 5.75 Å². The van der Waals surface area contributed by atoms with Gasteiger partial charge in [0, 0.05) is 6.54 Å². The van der Waals surface area contributed by atoms with Crippen LogP contribution in [0.4, 0.5) is 4.79 Å². The van der Waals surface area contributed by atoms with Gasteiger partial charge in [0.1, 0.15) is 5.75 Å². The van der Waals surface area contributed by atoms with Crippen LogP contribution >= 0.6 is 0 Å². The van der Waals surface area contributed by atoms with Gasteiger partial charge in [-0.25, -0.2) is 9.59 Å². The number of hydrogen-bond acceptors (Lipinski definition) is 4. The molecule has 0 radical (unpaired) electrons. The van der Waals surface area contributed by atoms with Crippen LogP contribution in [0.1, 0.15) is 12.5 Å². The molecule has 0 aromatic heterocycles. The van der Waals surface area contributed by atoms with Crippen molar-refractivity contribution < 1.29 is 24.2 Å². The number of hydrogen-bond donors (Lipinski definition) is 1. The molecule has 6 nitrogen and oxygen atoms in total. The van der Waals surface area contributed by atoms with Crippen molar-refractivity contribution in [3.8, 4) is 5.75 Å². The lowest BCUT2D eigenvalue weighted by Crippen LogP contribution is -2.36. The minimum absolute atomic E-state index is 0.313. The van der Waals surface area contributed by atoms with Gasteiger partial charge in [-0.2, -0.15) is 0 Å². The van der Waals surface area contributed by atoms with Gasteiger partial charge in [0.2, 0.25) is 6.10 Å². The molecule has 1 heterocycles. The molecular formula is C13H15NO5. The van der Waals surface area contributed by atoms with E-state index in [1.807, 2.05) is 12.1 Å². The summed E-state index contributed by atoms with van der Waals surface area (Å²) in [7, 11) is 1.58. The standard InChI is InChI=1S/C13H15NO5/c1-8-11(12(15)16)19-13(17)14(8)7-9-3-5-10(18-2)6-4-9/h3-6,8,11H,7H2,1-2H3,(H,15,16)/t8-,11-/m0/s1. The SMILES string of the molecule is COc1ccc(CN2C(=O)O[C@H](C(=O)O)[C@@H]2C)cc1. The summed E-state index contributed by atoms with van der Waals surface area (Å²) in [5.41, 5.74) is 0.885. The van der Waals surface area contributed by atoms with E-state index in [1.54, 1.807) is 26.2 Å². The molecule has 6 heteroatoms. The van der Waals surface area contributed by atoms with E-state index in [0.29, 0.717) is 6.54 Å². The maximum absolute atomic E-state index is 11.6. The lowest BCUT2D eigenvalue weighted by atomic mass is 10.1. The summed E-state index contributed by atoms with van der Waals surface area (Å²) < 4.78 is 9.87. The number of cyclic esters (lactones) is 1. The minimum Gasteiger partial charge on any atom is -0.497 e. The van der Waals surface area contributed by atoms with E-state index in [4.69, 9.17) is 14.6 Å². The molecule has 1 aliphatic rings. The van der Waals surface area contributed by atoms with E-state index >= 15 is 0 Å². The molecule has 1 aromatic rings. The van der Waals surface area contributed by atoms with Gasteiger partial charge >= 0.3 is 12.1 Å². The first-order valence-electron chi connectivity index (χ1n) is 5.86. The monoisotopic (exact) mass is 265 g/mol. The normalized spacial score (nSPS) is 22.2. The molecule has 1 saturated heterocycles. The lowest BCUT2D eigenvalue weighted by Gasteiger charge is -2.19. The number of ether oxygens (including phenoxy) is 2. The summed E-state index contributed by atoms with van der Waals surface area (Å²) in [4.78, 5) is 24.0. The molecule has 0 spiro atoms. The van der Waals surface area contributed by atoms with Crippen LogP contribution in [-0.2, 0) is 16.1 Å². The molecule has 0 aliphatic carbocycles. The minimum atomic E-state index is -1.13. The van der Waals surface area contributed by atoms with E-state index in [-0.39, 0.29) is 0 Å². The third kappa shape index (κ3) is 2.62. The lowest BCUT2D eigenvalue weighted by molar-refractivity contribution is -0.145. The Hall–Kier alpha value is -2.24. The Labute approximate surface area is 110 Å². The number of carboxylic acids is 1. The summed E-state index contributed by atoms with van der Waals surface area (Å²) >= 11 is 0. The van der Waals surface area contributed by atoms with Gasteiger partial charge < -0.3 is 14.6 Å². The predicted octanol–water partition coefficient (Wildman–Crippen LogP) is 1.49. The highest BCUT2D eigenvalue weighted by atomic mass is 16.6. The van der Waals surface area contributed by atoms with Gasteiger partial charge in [0.05, 0.1) is 13.2 Å². The Kier molecular flexibility index (Phi) is 3.59. The van der Waals surface area contributed by atoms with E-state index in [9.17, 15) is 9.59 Å². The Morgan fingerprint density at radius 3 is 2.53 bits per heavy atom. The molecular weight excluding hydrogens is 250 g/mol. The number of amides is 1. The Bertz CT molecular complexity index is 484. The molecule has 0 bridgehead atoms. The topological polar surface area (TPSA) is 76.1 Å². The Balaban J connectivity index is 2.09. The van der Waals surface area contributed by atoms with Crippen molar-refractivity contribution in [2.24, 2.45) is 0 Å². The second-order valence-corrected chi connectivity index (χ2v) is 4.36. The van der Waals surface area contributed by atoms with Crippen LogP contribution in [0.3, 0.4) is 0 Å². The summed E-state index contributed by atoms with van der Waals surface area (Å²) in [6.07, 6.45) is -1.71. The third-order valence-electron chi connectivity index (χ3n) is 3.15. The Morgan fingerprint density at radius 1 is 1.42 bits per heavy atom. The maximum Gasteiger partial charge on any atom is 0.411 e. The fourth-order valence-corrected chi connectivity index (χ4v) is 2.00. The van der Waals surface area contributed by atoms with Crippen LogP contribution < -0.4 is 4.74 Å². The number of benzene rings is 1. The van der Waals surface area contributed by atoms with Crippen LogP contribution in [0.2, 0.25) is 0 Å². The molecule has 2 rings (SSSR count). The fourth-order valence-electron chi connectivity index (χ4n) is 2.00. The van der Waals surface area contributed by atoms with Crippen LogP contribution in [0.15, 0.2) is 24.3 Å². The van der Waals surface area contributed by atoms with E-state index in [0.717, 1.165) is 11.3 Å². The average Bonchev–Trinajstić information content (AvgIpc) is 2.68. The zero-order valence-corrected chi connectivity index (χ0v) is 10.7. The van der Waals surface area contributed by atoms with Gasteiger partial charge in [0.25, 0.3) is 0 Å². The zero-order valence-electron chi connectivity index (χ0n) is 10.7. The van der Waals surface area contributed by atoms with E-state index < -0.39 is 24.2 Å². The van der Waals surface area contributed by atoms with Gasteiger partial charge in [0.15, 0.2) is 0 Å². The fraction of sp³-hybridized carbons (Fsp3) is 0.385. The van der Waals surface area contributed by atoms with Crippen molar-refractivity contribution in [1.29, 1.82) is 0 Å². The van der Waals surface area contributed by atoms with Crippen LogP contribution in [-0.4, -0.2) is 41.3 Å². The van der Waals surface area contributed by atoms with Gasteiger partial charge in [-0.3, -0.25) is 4.90 Å². The van der Waals surface area contributed by atoms with Crippen molar-refractivity contribution in [1.82, 2.24) is 4.90 Å². The molecule has 1 fully saturated rings. The first kappa shape index (κ1) is 13.2. The third-order valence-corrected chi connectivity index (χ3v) is 3.15. The molecule has 1 aromatic carbocycles. The van der Waals surface area contributed by atoms with E-state index in [2.05, 4.69) is 0 Å². The summed E-state index contributed by atoms with van der Waals surface area (Å²) in [6.45, 7) is 1.97. The number of carbonyl (C=O) groups is 2. The summed E-state index contributed by atoms with van der Waals surface area (Å²) in [6, 6.07) is 6.73. The largest absolute Gasteiger partial charge is 0.497 e. The highest BCUT2D eigenvalue weighted by molar-refractivity contribution is 5.82. The first-order chi connectivity index (χ1) is 9.02. The van der Waals surface area contributed by atoms with Gasteiger partial charge in [-0.05, 0) is 24.6 Å². The number of carboxylic acid groups (broad SMARTS) is 1. The average molecular weight is 265 g/mol. The van der Waals surface area contributed by atoms with Crippen molar-refractivity contribution in [3.05, 3.63) is 29.8 Å². The highest BCUT2D eigenvalue weighted by Crippen LogP contribution is 2.22. The quantitative estimate of drug-likeness (QED) is 0.892. The molecule has 102 valence electrons. The summed E-state index contributed by atoms with van der Waals surface area (Å²) in [5, 5.41) is 8.93. The van der Waals surface area contributed by atoms with Crippen molar-refractivity contribution in [2.45, 2.75) is 25.6 Å². The van der Waals surface area contributed by atoms with Gasteiger partial charge in [-0.15, -0.1) is 0 Å². The smallest absolute Gasteiger partial charge is 0.411 e. The number of aliphatic carboxylic acids is 1. The van der Waals surface area contributed by atoms with Crippen molar-refractivity contribution in [2.75, 3.05) is 7.11 Å². The molecule has 1 N–H and O–H groups in total. The molecule has 19 heavy (non-hydrogen) atoms. The van der Waals surface area contributed by atoms with Crippen LogP contribution in [0.25, 0.3) is 0 Å². The zero-order chi connectivity index (χ0) is 14.0. The van der Waals surface area contributed by atoms with Gasteiger partial charge in [-0.1, -0.05) is 12.1 Å². The number of nitrogens with zero attached hydrogens (tertiary/aromatic N) is 1. The maximum atomic E-state index is 11.6. The summed E-state index contributed by atoms with van der Waals surface area (Å²) in [5.74, 6) is -0.401. The van der Waals surface area contributed by atoms with E-state index in [1.165, 1.54) is 4.90 Å². The predicted molar refractivity (Wildman–Crippen MR) is 65.9 cm³/mol. The molecule has 0 saturated carbocycles.